The molecule has 4 rings (SSSR count). The maximum atomic E-state index is 12.9. The molecule has 2 heterocycles. The Morgan fingerprint density at radius 3 is 2.65 bits per heavy atom. The van der Waals surface area contributed by atoms with Gasteiger partial charge in [-0.3, -0.25) is 9.78 Å². The van der Waals surface area contributed by atoms with Gasteiger partial charge in [0.05, 0.1) is 11.1 Å². The van der Waals surface area contributed by atoms with Crippen molar-refractivity contribution in [2.45, 2.75) is 12.3 Å². The van der Waals surface area contributed by atoms with E-state index < -0.39 is 0 Å². The van der Waals surface area contributed by atoms with Crippen molar-refractivity contribution in [3.63, 3.8) is 0 Å². The third-order valence-corrected chi connectivity index (χ3v) is 4.63. The Balaban J connectivity index is 1.60. The average molecular weight is 302 g/mol. The fraction of sp³-hybridized carbons (Fsp3) is 0.200. The van der Waals surface area contributed by atoms with Crippen LogP contribution < -0.4 is 0 Å². The SMILES string of the molecule is O=C(c1ccnc2ccccc12)N1CC[C@H](c2ccccc2)C1. The number of hydrogen-bond acceptors (Lipinski definition) is 2. The summed E-state index contributed by atoms with van der Waals surface area (Å²) in [5.74, 6) is 0.551. The lowest BCUT2D eigenvalue weighted by atomic mass is 9.99. The second kappa shape index (κ2) is 5.84. The van der Waals surface area contributed by atoms with Crippen molar-refractivity contribution in [2.75, 3.05) is 13.1 Å². The zero-order valence-electron chi connectivity index (χ0n) is 12.9. The fourth-order valence-electron chi connectivity index (χ4n) is 3.39. The molecule has 2 aromatic carbocycles. The molecule has 3 heteroatoms. The Bertz CT molecular complexity index is 839. The number of fused-ring (bicyclic) bond motifs is 1. The molecule has 0 radical (unpaired) electrons. The Morgan fingerprint density at radius 1 is 1.00 bits per heavy atom. The van der Waals surface area contributed by atoms with Crippen LogP contribution in [0.5, 0.6) is 0 Å². The van der Waals surface area contributed by atoms with Gasteiger partial charge < -0.3 is 4.90 Å². The van der Waals surface area contributed by atoms with Crippen molar-refractivity contribution in [3.05, 3.63) is 78.0 Å². The van der Waals surface area contributed by atoms with Crippen molar-refractivity contribution in [3.8, 4) is 0 Å². The molecule has 0 unspecified atom stereocenters. The Labute approximate surface area is 135 Å². The van der Waals surface area contributed by atoms with E-state index in [4.69, 9.17) is 0 Å². The lowest BCUT2D eigenvalue weighted by Gasteiger charge is -2.17. The molecule has 0 bridgehead atoms. The molecule has 1 aromatic heterocycles. The minimum atomic E-state index is 0.113. The van der Waals surface area contributed by atoms with Crippen LogP contribution in [0.2, 0.25) is 0 Å². The summed E-state index contributed by atoms with van der Waals surface area (Å²) in [4.78, 5) is 19.3. The minimum absolute atomic E-state index is 0.113. The number of likely N-dealkylation sites (tertiary alicyclic amines) is 1. The zero-order chi connectivity index (χ0) is 15.6. The van der Waals surface area contributed by atoms with Gasteiger partial charge in [0.1, 0.15) is 0 Å². The van der Waals surface area contributed by atoms with E-state index in [0.29, 0.717) is 5.92 Å². The maximum Gasteiger partial charge on any atom is 0.254 e. The minimum Gasteiger partial charge on any atom is -0.338 e. The van der Waals surface area contributed by atoms with Crippen molar-refractivity contribution in [2.24, 2.45) is 0 Å². The van der Waals surface area contributed by atoms with Crippen LogP contribution >= 0.6 is 0 Å². The van der Waals surface area contributed by atoms with Gasteiger partial charge in [-0.25, -0.2) is 0 Å². The summed E-state index contributed by atoms with van der Waals surface area (Å²) in [6, 6.07) is 20.1. The van der Waals surface area contributed by atoms with E-state index in [1.165, 1.54) is 5.56 Å². The highest BCUT2D eigenvalue weighted by molar-refractivity contribution is 6.06. The molecule has 0 aliphatic carbocycles. The molecule has 1 saturated heterocycles. The summed E-state index contributed by atoms with van der Waals surface area (Å²) >= 11 is 0. The van der Waals surface area contributed by atoms with Crippen molar-refractivity contribution >= 4 is 16.8 Å². The number of pyridine rings is 1. The molecule has 3 aromatic rings. The van der Waals surface area contributed by atoms with E-state index in [9.17, 15) is 4.79 Å². The van der Waals surface area contributed by atoms with Crippen LogP contribution in [-0.2, 0) is 0 Å². The Morgan fingerprint density at radius 2 is 1.78 bits per heavy atom. The van der Waals surface area contributed by atoms with Gasteiger partial charge in [0.2, 0.25) is 0 Å². The van der Waals surface area contributed by atoms with Crippen LogP contribution in [0.15, 0.2) is 66.9 Å². The summed E-state index contributed by atoms with van der Waals surface area (Å²) in [6.07, 6.45) is 2.75. The number of benzene rings is 2. The van der Waals surface area contributed by atoms with Crippen LogP contribution in [0.25, 0.3) is 10.9 Å². The van der Waals surface area contributed by atoms with Crippen LogP contribution in [-0.4, -0.2) is 28.9 Å². The highest BCUT2D eigenvalue weighted by Gasteiger charge is 2.28. The molecule has 114 valence electrons. The van der Waals surface area contributed by atoms with Gasteiger partial charge in [-0.15, -0.1) is 0 Å². The monoisotopic (exact) mass is 302 g/mol. The number of nitrogens with zero attached hydrogens (tertiary/aromatic N) is 2. The molecule has 0 saturated carbocycles. The lowest BCUT2D eigenvalue weighted by molar-refractivity contribution is 0.0792. The molecule has 1 amide bonds. The van der Waals surface area contributed by atoms with E-state index in [1.54, 1.807) is 6.20 Å². The quantitative estimate of drug-likeness (QED) is 0.720. The first-order valence-electron chi connectivity index (χ1n) is 8.01. The molecule has 0 N–H and O–H groups in total. The van der Waals surface area contributed by atoms with Crippen LogP contribution in [0, 0.1) is 0 Å². The number of carbonyl (C=O) groups is 1. The highest BCUT2D eigenvalue weighted by Crippen LogP contribution is 2.29. The normalized spacial score (nSPS) is 17.6. The molecular formula is C20H18N2O. The molecule has 1 fully saturated rings. The van der Waals surface area contributed by atoms with Gasteiger partial charge >= 0.3 is 0 Å². The van der Waals surface area contributed by atoms with Gasteiger partial charge in [0, 0.05) is 30.6 Å². The van der Waals surface area contributed by atoms with E-state index in [1.807, 2.05) is 41.3 Å². The molecule has 3 nitrogen and oxygen atoms in total. The van der Waals surface area contributed by atoms with Gasteiger partial charge in [-0.2, -0.15) is 0 Å². The second-order valence-corrected chi connectivity index (χ2v) is 6.02. The van der Waals surface area contributed by atoms with Gasteiger partial charge in [-0.1, -0.05) is 48.5 Å². The van der Waals surface area contributed by atoms with Crippen LogP contribution in [0.1, 0.15) is 28.3 Å². The van der Waals surface area contributed by atoms with Gasteiger partial charge in [0.25, 0.3) is 5.91 Å². The van der Waals surface area contributed by atoms with Gasteiger partial charge in [0.15, 0.2) is 0 Å². The predicted octanol–water partition coefficient (Wildman–Crippen LogP) is 3.86. The standard InChI is InChI=1S/C20H18N2O/c23-20(18-10-12-21-19-9-5-4-8-17(18)19)22-13-11-16(14-22)15-6-2-1-3-7-15/h1-10,12,16H,11,13-14H2/t16-/m0/s1. The molecule has 1 aliphatic heterocycles. The lowest BCUT2D eigenvalue weighted by Crippen LogP contribution is -2.28. The molecule has 1 atom stereocenters. The Hall–Kier alpha value is -2.68. The first-order chi connectivity index (χ1) is 11.3. The molecule has 1 aliphatic rings. The maximum absolute atomic E-state index is 12.9. The second-order valence-electron chi connectivity index (χ2n) is 6.02. The summed E-state index contributed by atoms with van der Waals surface area (Å²) in [5.41, 5.74) is 2.95. The third-order valence-electron chi connectivity index (χ3n) is 4.63. The van der Waals surface area contributed by atoms with Crippen molar-refractivity contribution in [1.82, 2.24) is 9.88 Å². The number of para-hydroxylation sites is 1. The molecule has 23 heavy (non-hydrogen) atoms. The smallest absolute Gasteiger partial charge is 0.254 e. The average Bonchev–Trinajstić information content (AvgIpc) is 3.11. The molecular weight excluding hydrogens is 284 g/mol. The van der Waals surface area contributed by atoms with E-state index in [2.05, 4.69) is 29.2 Å². The number of amides is 1. The Kier molecular flexibility index (Phi) is 3.54. The van der Waals surface area contributed by atoms with E-state index in [-0.39, 0.29) is 5.91 Å². The van der Waals surface area contributed by atoms with Crippen molar-refractivity contribution in [1.29, 1.82) is 0 Å². The van der Waals surface area contributed by atoms with E-state index in [0.717, 1.165) is 36.0 Å². The summed E-state index contributed by atoms with van der Waals surface area (Å²) in [7, 11) is 0. The summed E-state index contributed by atoms with van der Waals surface area (Å²) in [6.45, 7) is 1.61. The number of rotatable bonds is 2. The van der Waals surface area contributed by atoms with Crippen molar-refractivity contribution < 1.29 is 4.79 Å². The zero-order valence-corrected chi connectivity index (χ0v) is 12.9. The summed E-state index contributed by atoms with van der Waals surface area (Å²) < 4.78 is 0. The third kappa shape index (κ3) is 2.59. The number of hydrogen-bond donors (Lipinski definition) is 0. The van der Waals surface area contributed by atoms with Crippen LogP contribution in [0.3, 0.4) is 0 Å². The first kappa shape index (κ1) is 13.9. The molecule has 0 spiro atoms. The van der Waals surface area contributed by atoms with Gasteiger partial charge in [-0.05, 0) is 24.1 Å². The first-order valence-corrected chi connectivity index (χ1v) is 8.01. The fourth-order valence-corrected chi connectivity index (χ4v) is 3.39. The number of aromatic nitrogens is 1. The van der Waals surface area contributed by atoms with E-state index >= 15 is 0 Å². The predicted molar refractivity (Wildman–Crippen MR) is 91.4 cm³/mol. The summed E-state index contributed by atoms with van der Waals surface area (Å²) in [5, 5.41) is 0.933. The largest absolute Gasteiger partial charge is 0.338 e. The van der Waals surface area contributed by atoms with Crippen LogP contribution in [0.4, 0.5) is 0 Å². The number of carbonyl (C=O) groups excluding carboxylic acids is 1. The topological polar surface area (TPSA) is 33.2 Å². The highest BCUT2D eigenvalue weighted by atomic mass is 16.2.